The number of hydrogen-bond donors (Lipinski definition) is 1. The van der Waals surface area contributed by atoms with E-state index in [-0.39, 0.29) is 0 Å². The maximum absolute atomic E-state index is 7.00. The fourth-order valence-electron chi connectivity index (χ4n) is 0.385. The highest BCUT2D eigenvalue weighted by Gasteiger charge is 1.57. The van der Waals surface area contributed by atoms with Crippen LogP contribution in [0.2, 0.25) is 0 Å². The van der Waals surface area contributed by atoms with Gasteiger partial charge < -0.3 is 5.11 Å². The molecule has 0 amide bonds. The first-order chi connectivity index (χ1) is 4.00. The van der Waals surface area contributed by atoms with Crippen molar-refractivity contribution >= 4 is 0 Å². The molecule has 0 aromatic heterocycles. The van der Waals surface area contributed by atoms with Crippen molar-refractivity contribution in [2.45, 2.75) is 0 Å². The van der Waals surface area contributed by atoms with Gasteiger partial charge in [0.25, 0.3) is 0 Å². The second kappa shape index (κ2) is 6.18. The van der Waals surface area contributed by atoms with Crippen LogP contribution < -0.4 is 0 Å². The molecular weight excluding hydrogens is 100 g/mol. The lowest BCUT2D eigenvalue weighted by atomic mass is 10.4. The third-order valence-corrected chi connectivity index (χ3v) is 0.667. The van der Waals surface area contributed by atoms with Crippen LogP contribution in [0.4, 0.5) is 0 Å². The van der Waals surface area contributed by atoms with Crippen molar-refractivity contribution < 1.29 is 5.11 Å². The fourth-order valence-corrected chi connectivity index (χ4v) is 0.385. The molecule has 1 aromatic carbocycles. The molecule has 1 N–H and O–H groups in total. The van der Waals surface area contributed by atoms with Crippen LogP contribution in [0.1, 0.15) is 0 Å². The van der Waals surface area contributed by atoms with Crippen LogP contribution >= 0.6 is 0 Å². The summed E-state index contributed by atoms with van der Waals surface area (Å²) in [7, 11) is 1.00. The predicted octanol–water partition coefficient (Wildman–Crippen LogP) is 1.30. The van der Waals surface area contributed by atoms with Gasteiger partial charge in [0, 0.05) is 7.11 Å². The Bertz CT molecular complexity index is 76.3. The number of rotatable bonds is 0. The summed E-state index contributed by atoms with van der Waals surface area (Å²) < 4.78 is 0. The fraction of sp³-hybridized carbons (Fsp3) is 0.143. The van der Waals surface area contributed by atoms with Crippen LogP contribution in [0.25, 0.3) is 0 Å². The van der Waals surface area contributed by atoms with Crippen molar-refractivity contribution in [1.82, 2.24) is 0 Å². The molecule has 0 saturated carbocycles. The van der Waals surface area contributed by atoms with Crippen molar-refractivity contribution in [2.75, 3.05) is 7.11 Å². The van der Waals surface area contributed by atoms with Crippen molar-refractivity contribution in [1.29, 1.82) is 0 Å². The summed E-state index contributed by atoms with van der Waals surface area (Å²) in [5, 5.41) is 7.00. The Morgan fingerprint density at radius 1 is 0.625 bits per heavy atom. The average molecular weight is 110 g/mol. The Balaban J connectivity index is 0.000000222. The standard InChI is InChI=1S/C6H6.CH4O/c1-2-4-6-5-3-1;1-2/h1-6H;2H,1H3. The van der Waals surface area contributed by atoms with Gasteiger partial charge in [0.15, 0.2) is 0 Å². The van der Waals surface area contributed by atoms with E-state index in [1.807, 2.05) is 36.4 Å². The van der Waals surface area contributed by atoms with E-state index in [0.29, 0.717) is 0 Å². The van der Waals surface area contributed by atoms with E-state index in [0.717, 1.165) is 7.11 Å². The number of hydrogen-bond acceptors (Lipinski definition) is 1. The Morgan fingerprint density at radius 2 is 0.750 bits per heavy atom. The number of aliphatic hydroxyl groups is 1. The Morgan fingerprint density at radius 3 is 0.875 bits per heavy atom. The Hall–Kier alpha value is -0.820. The van der Waals surface area contributed by atoms with Crippen LogP contribution in [-0.2, 0) is 0 Å². The van der Waals surface area contributed by atoms with Gasteiger partial charge >= 0.3 is 0 Å². The molecule has 0 spiro atoms. The first-order valence-electron chi connectivity index (χ1n) is 2.45. The van der Waals surface area contributed by atoms with Crippen LogP contribution in [0.5, 0.6) is 0 Å². The minimum atomic E-state index is 1.00. The molecule has 1 aromatic rings. The SMILES string of the molecule is CO.c1ccccc1. The second-order valence-corrected chi connectivity index (χ2v) is 1.15. The van der Waals surface area contributed by atoms with Crippen molar-refractivity contribution in [3.63, 3.8) is 0 Å². The van der Waals surface area contributed by atoms with Gasteiger partial charge in [-0.25, -0.2) is 0 Å². The normalized spacial score (nSPS) is 6.75. The molecule has 1 heteroatoms. The van der Waals surface area contributed by atoms with E-state index < -0.39 is 0 Å². The first kappa shape index (κ1) is 7.18. The lowest BCUT2D eigenvalue weighted by Gasteiger charge is -1.69. The molecule has 0 saturated heterocycles. The van der Waals surface area contributed by atoms with Gasteiger partial charge in [0.05, 0.1) is 0 Å². The van der Waals surface area contributed by atoms with E-state index in [4.69, 9.17) is 5.11 Å². The van der Waals surface area contributed by atoms with Crippen LogP contribution in [-0.4, -0.2) is 12.2 Å². The van der Waals surface area contributed by atoms with Crippen molar-refractivity contribution in [3.8, 4) is 0 Å². The van der Waals surface area contributed by atoms with Gasteiger partial charge in [-0.1, -0.05) is 36.4 Å². The van der Waals surface area contributed by atoms with E-state index >= 15 is 0 Å². The highest BCUT2D eigenvalue weighted by molar-refractivity contribution is 4.99. The van der Waals surface area contributed by atoms with Gasteiger partial charge in [-0.2, -0.15) is 0 Å². The van der Waals surface area contributed by atoms with Gasteiger partial charge in [0.1, 0.15) is 0 Å². The molecule has 0 unspecified atom stereocenters. The second-order valence-electron chi connectivity index (χ2n) is 1.15. The van der Waals surface area contributed by atoms with Crippen LogP contribution in [0.15, 0.2) is 36.4 Å². The lowest BCUT2D eigenvalue weighted by Crippen LogP contribution is -1.47. The van der Waals surface area contributed by atoms with Crippen LogP contribution in [0.3, 0.4) is 0 Å². The molecule has 0 fully saturated rings. The first-order valence-corrected chi connectivity index (χ1v) is 2.45. The molecule has 0 bridgehead atoms. The zero-order valence-electron chi connectivity index (χ0n) is 4.91. The quantitative estimate of drug-likeness (QED) is 0.533. The molecule has 0 heterocycles. The minimum Gasteiger partial charge on any atom is -0.400 e. The average Bonchev–Trinajstić information content (AvgIpc) is 1.96. The van der Waals surface area contributed by atoms with E-state index in [9.17, 15) is 0 Å². The highest BCUT2D eigenvalue weighted by Crippen LogP contribution is 1.79. The minimum absolute atomic E-state index is 1.00. The predicted molar refractivity (Wildman–Crippen MR) is 34.6 cm³/mol. The molecule has 0 aliphatic rings. The van der Waals surface area contributed by atoms with Gasteiger partial charge in [-0.15, -0.1) is 0 Å². The third-order valence-electron chi connectivity index (χ3n) is 0.667. The number of aliphatic hydroxyl groups excluding tert-OH is 1. The molecule has 0 aliphatic heterocycles. The molecule has 0 atom stereocenters. The van der Waals surface area contributed by atoms with Gasteiger partial charge in [-0.3, -0.25) is 0 Å². The zero-order chi connectivity index (χ0) is 6.24. The molecule has 0 radical (unpaired) electrons. The van der Waals surface area contributed by atoms with Crippen molar-refractivity contribution in [2.24, 2.45) is 0 Å². The van der Waals surface area contributed by atoms with Crippen molar-refractivity contribution in [3.05, 3.63) is 36.4 Å². The third kappa shape index (κ3) is 3.37. The summed E-state index contributed by atoms with van der Waals surface area (Å²) in [5.74, 6) is 0. The Kier molecular flexibility index (Phi) is 5.55. The molecular formula is C7H10O. The topological polar surface area (TPSA) is 20.2 Å². The molecule has 0 aliphatic carbocycles. The highest BCUT2D eigenvalue weighted by atomic mass is 16.2. The largest absolute Gasteiger partial charge is 0.400 e. The van der Waals surface area contributed by atoms with Crippen LogP contribution in [0, 0.1) is 0 Å². The summed E-state index contributed by atoms with van der Waals surface area (Å²) in [6.45, 7) is 0. The summed E-state index contributed by atoms with van der Waals surface area (Å²) >= 11 is 0. The summed E-state index contributed by atoms with van der Waals surface area (Å²) in [5.41, 5.74) is 0. The molecule has 1 rings (SSSR count). The molecule has 1 nitrogen and oxygen atoms in total. The van der Waals surface area contributed by atoms with Gasteiger partial charge in [0.2, 0.25) is 0 Å². The maximum atomic E-state index is 7.00. The van der Waals surface area contributed by atoms with E-state index in [2.05, 4.69) is 0 Å². The smallest absolute Gasteiger partial charge is 0.0319 e. The molecule has 44 valence electrons. The summed E-state index contributed by atoms with van der Waals surface area (Å²) in [4.78, 5) is 0. The monoisotopic (exact) mass is 110 g/mol. The maximum Gasteiger partial charge on any atom is 0.0319 e. The lowest BCUT2D eigenvalue weighted by molar-refractivity contribution is 0.399. The van der Waals surface area contributed by atoms with E-state index in [1.165, 1.54) is 0 Å². The Labute approximate surface area is 49.6 Å². The molecule has 8 heavy (non-hydrogen) atoms. The van der Waals surface area contributed by atoms with E-state index in [1.54, 1.807) is 0 Å². The summed E-state index contributed by atoms with van der Waals surface area (Å²) in [6.07, 6.45) is 0. The van der Waals surface area contributed by atoms with Gasteiger partial charge in [-0.05, 0) is 0 Å². The number of benzene rings is 1. The summed E-state index contributed by atoms with van der Waals surface area (Å²) in [6, 6.07) is 12.0. The zero-order valence-corrected chi connectivity index (χ0v) is 4.91.